The molecule has 1 fully saturated rings. The van der Waals surface area contributed by atoms with Crippen molar-refractivity contribution in [1.82, 2.24) is 9.78 Å². The van der Waals surface area contributed by atoms with Gasteiger partial charge in [-0.2, -0.15) is 10.4 Å². The van der Waals surface area contributed by atoms with E-state index < -0.39 is 0 Å². The second-order valence-corrected chi connectivity index (χ2v) is 6.13. The third-order valence-electron chi connectivity index (χ3n) is 4.32. The molecule has 0 bridgehead atoms. The van der Waals surface area contributed by atoms with Crippen LogP contribution in [0, 0.1) is 24.2 Å². The van der Waals surface area contributed by atoms with Crippen molar-refractivity contribution in [3.05, 3.63) is 47.8 Å². The van der Waals surface area contributed by atoms with Gasteiger partial charge in [-0.15, -0.1) is 0 Å². The first kappa shape index (κ1) is 15.3. The smallest absolute Gasteiger partial charge is 0.230 e. The third-order valence-corrected chi connectivity index (χ3v) is 4.32. The predicted molar refractivity (Wildman–Crippen MR) is 87.8 cm³/mol. The van der Waals surface area contributed by atoms with Gasteiger partial charge in [0.15, 0.2) is 0 Å². The normalized spacial score (nSPS) is 19.2. The minimum atomic E-state index is -0.000745. The number of carbonyl (C=O) groups excluding carboxylic acids is 1. The summed E-state index contributed by atoms with van der Waals surface area (Å²) < 4.78 is 1.77. The zero-order chi connectivity index (χ0) is 16.4. The van der Waals surface area contributed by atoms with Crippen LogP contribution in [0.4, 0.5) is 5.69 Å². The fourth-order valence-electron chi connectivity index (χ4n) is 2.92. The van der Waals surface area contributed by atoms with E-state index in [4.69, 9.17) is 5.26 Å². The van der Waals surface area contributed by atoms with Gasteiger partial charge in [0.2, 0.25) is 5.91 Å². The van der Waals surface area contributed by atoms with Crippen LogP contribution in [0.25, 0.3) is 0 Å². The van der Waals surface area contributed by atoms with E-state index in [1.54, 1.807) is 9.58 Å². The number of rotatable bonds is 5. The molecular formula is C18H20N4O. The topological polar surface area (TPSA) is 61.9 Å². The Morgan fingerprint density at radius 2 is 2.17 bits per heavy atom. The maximum atomic E-state index is 12.9. The van der Waals surface area contributed by atoms with Gasteiger partial charge in [0.25, 0.3) is 0 Å². The highest BCUT2D eigenvalue weighted by atomic mass is 16.2. The number of amides is 1. The molecule has 0 radical (unpaired) electrons. The summed E-state index contributed by atoms with van der Waals surface area (Å²) in [6, 6.07) is 10.0. The van der Waals surface area contributed by atoms with E-state index in [9.17, 15) is 4.79 Å². The van der Waals surface area contributed by atoms with E-state index in [1.807, 2.05) is 50.6 Å². The van der Waals surface area contributed by atoms with Gasteiger partial charge in [-0.3, -0.25) is 9.48 Å². The molecule has 0 spiro atoms. The summed E-state index contributed by atoms with van der Waals surface area (Å²) in [5.41, 5.74) is 3.14. The summed E-state index contributed by atoms with van der Waals surface area (Å²) in [5.74, 6) is 0.364. The summed E-state index contributed by atoms with van der Waals surface area (Å²) in [5, 5.41) is 13.1. The van der Waals surface area contributed by atoms with Gasteiger partial charge in [-0.25, -0.2) is 0 Å². The number of anilines is 1. The molecular weight excluding hydrogens is 288 g/mol. The van der Waals surface area contributed by atoms with Gasteiger partial charge in [0, 0.05) is 31.4 Å². The Bertz CT molecular complexity index is 741. The largest absolute Gasteiger partial charge is 0.311 e. The lowest BCUT2D eigenvalue weighted by atomic mass is 10.1. The van der Waals surface area contributed by atoms with E-state index in [-0.39, 0.29) is 17.7 Å². The molecule has 1 aliphatic carbocycles. The third kappa shape index (κ3) is 3.26. The molecule has 0 N–H and O–H groups in total. The van der Waals surface area contributed by atoms with Crippen molar-refractivity contribution in [3.63, 3.8) is 0 Å². The van der Waals surface area contributed by atoms with Crippen LogP contribution in [0.3, 0.4) is 0 Å². The second-order valence-electron chi connectivity index (χ2n) is 6.13. The molecule has 0 saturated heterocycles. The SMILES string of the molecule is Cc1ccc(N(CCC#N)C(=O)C2CC2c2cnn(C)c2)cc1. The highest BCUT2D eigenvalue weighted by molar-refractivity contribution is 5.97. The van der Waals surface area contributed by atoms with Crippen LogP contribution in [0.2, 0.25) is 0 Å². The fourth-order valence-corrected chi connectivity index (χ4v) is 2.92. The Hall–Kier alpha value is -2.61. The summed E-state index contributed by atoms with van der Waals surface area (Å²) in [7, 11) is 1.88. The molecule has 1 aromatic carbocycles. The minimum absolute atomic E-state index is 0.000745. The van der Waals surface area contributed by atoms with Crippen molar-refractivity contribution >= 4 is 11.6 Å². The van der Waals surface area contributed by atoms with Crippen LogP contribution in [0.15, 0.2) is 36.7 Å². The standard InChI is InChI=1S/C18H20N4O/c1-13-4-6-15(7-5-13)22(9-3-8-19)18(23)17-10-16(17)14-11-20-21(2)12-14/h4-7,11-12,16-17H,3,9-10H2,1-2H3. The second kappa shape index (κ2) is 6.25. The zero-order valence-electron chi connectivity index (χ0n) is 13.4. The average molecular weight is 308 g/mol. The van der Waals surface area contributed by atoms with Crippen molar-refractivity contribution in [2.75, 3.05) is 11.4 Å². The quantitative estimate of drug-likeness (QED) is 0.853. The van der Waals surface area contributed by atoms with Gasteiger partial charge in [0.05, 0.1) is 18.7 Å². The number of nitrogens with zero attached hydrogens (tertiary/aromatic N) is 4. The van der Waals surface area contributed by atoms with Gasteiger partial charge >= 0.3 is 0 Å². The first-order chi connectivity index (χ1) is 11.1. The van der Waals surface area contributed by atoms with Crippen molar-refractivity contribution in [1.29, 1.82) is 5.26 Å². The van der Waals surface area contributed by atoms with Crippen LogP contribution < -0.4 is 4.90 Å². The Morgan fingerprint density at radius 1 is 1.43 bits per heavy atom. The van der Waals surface area contributed by atoms with Crippen molar-refractivity contribution < 1.29 is 4.79 Å². The Balaban J connectivity index is 1.76. The lowest BCUT2D eigenvalue weighted by molar-refractivity contribution is -0.119. The molecule has 23 heavy (non-hydrogen) atoms. The Morgan fingerprint density at radius 3 is 2.78 bits per heavy atom. The fraction of sp³-hybridized carbons (Fsp3) is 0.389. The first-order valence-corrected chi connectivity index (χ1v) is 7.83. The number of hydrogen-bond donors (Lipinski definition) is 0. The summed E-state index contributed by atoms with van der Waals surface area (Å²) in [6.45, 7) is 2.46. The maximum Gasteiger partial charge on any atom is 0.230 e. The Kier molecular flexibility index (Phi) is 4.16. The van der Waals surface area contributed by atoms with Gasteiger partial charge < -0.3 is 4.90 Å². The molecule has 2 atom stereocenters. The van der Waals surface area contributed by atoms with Gasteiger partial charge in [-0.05, 0) is 37.0 Å². The van der Waals surface area contributed by atoms with E-state index in [1.165, 1.54) is 0 Å². The number of benzene rings is 1. The number of aryl methyl sites for hydroxylation is 2. The van der Waals surface area contributed by atoms with Crippen molar-refractivity contribution in [2.45, 2.75) is 25.7 Å². The lowest BCUT2D eigenvalue weighted by Crippen LogP contribution is -2.33. The van der Waals surface area contributed by atoms with Crippen LogP contribution in [-0.2, 0) is 11.8 Å². The van der Waals surface area contributed by atoms with Crippen LogP contribution >= 0.6 is 0 Å². The monoisotopic (exact) mass is 308 g/mol. The molecule has 2 aromatic rings. The number of aromatic nitrogens is 2. The van der Waals surface area contributed by atoms with Gasteiger partial charge in [0.1, 0.15) is 0 Å². The molecule has 1 saturated carbocycles. The van der Waals surface area contributed by atoms with E-state index in [2.05, 4.69) is 11.2 Å². The number of nitriles is 1. The summed E-state index contributed by atoms with van der Waals surface area (Å²) in [6.07, 6.45) is 5.01. The van der Waals surface area contributed by atoms with Crippen molar-refractivity contribution in [2.24, 2.45) is 13.0 Å². The van der Waals surface area contributed by atoms with Crippen molar-refractivity contribution in [3.8, 4) is 6.07 Å². The Labute approximate surface area is 136 Å². The molecule has 2 unspecified atom stereocenters. The number of carbonyl (C=O) groups is 1. The number of hydrogen-bond acceptors (Lipinski definition) is 3. The van der Waals surface area contributed by atoms with Crippen LogP contribution in [0.1, 0.15) is 29.9 Å². The molecule has 1 aliphatic rings. The first-order valence-electron chi connectivity index (χ1n) is 7.83. The molecule has 5 nitrogen and oxygen atoms in total. The summed E-state index contributed by atoms with van der Waals surface area (Å²) >= 11 is 0. The molecule has 118 valence electrons. The van der Waals surface area contributed by atoms with E-state index >= 15 is 0 Å². The molecule has 1 aromatic heterocycles. The van der Waals surface area contributed by atoms with Crippen LogP contribution in [0.5, 0.6) is 0 Å². The molecule has 5 heteroatoms. The predicted octanol–water partition coefficient (Wildman–Crippen LogP) is 2.78. The van der Waals surface area contributed by atoms with Crippen LogP contribution in [-0.4, -0.2) is 22.2 Å². The molecule has 1 amide bonds. The maximum absolute atomic E-state index is 12.9. The summed E-state index contributed by atoms with van der Waals surface area (Å²) in [4.78, 5) is 14.6. The molecule has 0 aliphatic heterocycles. The highest BCUT2D eigenvalue weighted by Gasteiger charge is 2.46. The van der Waals surface area contributed by atoms with E-state index in [0.717, 1.165) is 23.2 Å². The lowest BCUT2D eigenvalue weighted by Gasteiger charge is -2.22. The molecule has 1 heterocycles. The minimum Gasteiger partial charge on any atom is -0.311 e. The average Bonchev–Trinajstić information content (AvgIpc) is 3.23. The molecule has 3 rings (SSSR count). The zero-order valence-corrected chi connectivity index (χ0v) is 13.4. The van der Waals surface area contributed by atoms with E-state index in [0.29, 0.717) is 13.0 Å². The van der Waals surface area contributed by atoms with Gasteiger partial charge in [-0.1, -0.05) is 17.7 Å². The highest BCUT2D eigenvalue weighted by Crippen LogP contribution is 2.48.